The number of hydrogen-bond acceptors (Lipinski definition) is 4. The van der Waals surface area contributed by atoms with Crippen LogP contribution in [0.1, 0.15) is 49.7 Å². The van der Waals surface area contributed by atoms with Gasteiger partial charge in [0.1, 0.15) is 5.82 Å². The van der Waals surface area contributed by atoms with Gasteiger partial charge in [0.05, 0.1) is 17.4 Å². The number of carbonyl (C=O) groups excluding carboxylic acids is 1. The molecular weight excluding hydrogens is 425 g/mol. The van der Waals surface area contributed by atoms with Crippen LogP contribution in [0, 0.1) is 11.7 Å². The number of nitrogens with one attached hydrogen (secondary N) is 1. The number of halogens is 1. The predicted molar refractivity (Wildman–Crippen MR) is 124 cm³/mol. The zero-order valence-corrected chi connectivity index (χ0v) is 19.0. The van der Waals surface area contributed by atoms with E-state index >= 15 is 0 Å². The molecule has 8 nitrogen and oxygen atoms in total. The Morgan fingerprint density at radius 3 is 2.48 bits per heavy atom. The van der Waals surface area contributed by atoms with E-state index in [1.54, 1.807) is 30.3 Å². The Bertz CT molecular complexity index is 1480. The highest BCUT2D eigenvalue weighted by molar-refractivity contribution is 5.98. The van der Waals surface area contributed by atoms with Crippen LogP contribution in [-0.2, 0) is 6.54 Å². The molecule has 1 N–H and O–H groups in total. The lowest BCUT2D eigenvalue weighted by Crippen LogP contribution is -2.29. The summed E-state index contributed by atoms with van der Waals surface area (Å²) in [4.78, 5) is 39.2. The molecule has 9 heteroatoms. The van der Waals surface area contributed by atoms with Gasteiger partial charge in [-0.25, -0.2) is 18.3 Å². The lowest BCUT2D eigenvalue weighted by molar-refractivity contribution is 0.0949. The molecule has 1 amide bonds. The second-order valence-corrected chi connectivity index (χ2v) is 8.77. The van der Waals surface area contributed by atoms with Gasteiger partial charge in [0.15, 0.2) is 0 Å². The summed E-state index contributed by atoms with van der Waals surface area (Å²) >= 11 is 0. The number of nitrogens with zero attached hydrogens (tertiary/aromatic N) is 4. The average Bonchev–Trinajstić information content (AvgIpc) is 3.08. The number of benzene rings is 2. The first kappa shape index (κ1) is 22.4. The standard InChI is InChI=1S/C24H26FN5O3/c1-14(2)12-26-21(31)16-9-10-18-20(11-16)30-23(29(15(3)4)22(18)32)27-28(24(30)33)13-17-7-5-6-8-19(17)25/h5-11,14-15H,12-13H2,1-4H3,(H,26,31). The third-order valence-electron chi connectivity index (χ3n) is 5.45. The summed E-state index contributed by atoms with van der Waals surface area (Å²) < 4.78 is 18.1. The second-order valence-electron chi connectivity index (χ2n) is 8.77. The van der Waals surface area contributed by atoms with Crippen molar-refractivity contribution in [3.05, 3.63) is 80.2 Å². The molecule has 2 aromatic heterocycles. The Balaban J connectivity index is 1.96. The van der Waals surface area contributed by atoms with Crippen molar-refractivity contribution in [3.63, 3.8) is 0 Å². The summed E-state index contributed by atoms with van der Waals surface area (Å²) in [6, 6.07) is 10.5. The first-order chi connectivity index (χ1) is 15.7. The fourth-order valence-corrected chi connectivity index (χ4v) is 3.78. The minimum absolute atomic E-state index is 0.0878. The molecular formula is C24H26FN5O3. The van der Waals surface area contributed by atoms with Gasteiger partial charge in [0.2, 0.25) is 5.78 Å². The Hall–Kier alpha value is -3.75. The van der Waals surface area contributed by atoms with Gasteiger partial charge >= 0.3 is 5.69 Å². The van der Waals surface area contributed by atoms with Crippen LogP contribution in [0.2, 0.25) is 0 Å². The van der Waals surface area contributed by atoms with Crippen LogP contribution < -0.4 is 16.6 Å². The molecule has 0 atom stereocenters. The van der Waals surface area contributed by atoms with E-state index in [0.717, 1.165) is 4.68 Å². The minimum atomic E-state index is -0.521. The van der Waals surface area contributed by atoms with Crippen LogP contribution in [0.15, 0.2) is 52.1 Å². The summed E-state index contributed by atoms with van der Waals surface area (Å²) in [5.74, 6) is -0.322. The van der Waals surface area contributed by atoms with Crippen molar-refractivity contribution in [3.8, 4) is 0 Å². The minimum Gasteiger partial charge on any atom is -0.352 e. The molecule has 4 aromatic rings. The monoisotopic (exact) mass is 451 g/mol. The predicted octanol–water partition coefficient (Wildman–Crippen LogP) is 2.97. The fourth-order valence-electron chi connectivity index (χ4n) is 3.78. The van der Waals surface area contributed by atoms with Crippen molar-refractivity contribution in [1.82, 2.24) is 24.1 Å². The molecule has 0 bridgehead atoms. The van der Waals surface area contributed by atoms with E-state index in [1.807, 2.05) is 27.7 Å². The number of rotatable bonds is 6. The first-order valence-electron chi connectivity index (χ1n) is 10.9. The van der Waals surface area contributed by atoms with Crippen molar-refractivity contribution >= 4 is 22.6 Å². The highest BCUT2D eigenvalue weighted by Gasteiger charge is 2.20. The number of amides is 1. The lowest BCUT2D eigenvalue weighted by atomic mass is 10.1. The van der Waals surface area contributed by atoms with Gasteiger partial charge in [-0.1, -0.05) is 32.0 Å². The topological polar surface area (TPSA) is 90.4 Å². The summed E-state index contributed by atoms with van der Waals surface area (Å²) in [5.41, 5.74) is 0.0883. The van der Waals surface area contributed by atoms with E-state index in [2.05, 4.69) is 10.4 Å². The van der Waals surface area contributed by atoms with Crippen molar-refractivity contribution in [1.29, 1.82) is 0 Å². The Morgan fingerprint density at radius 2 is 1.82 bits per heavy atom. The van der Waals surface area contributed by atoms with Crippen LogP contribution >= 0.6 is 0 Å². The van der Waals surface area contributed by atoms with E-state index in [4.69, 9.17) is 0 Å². The molecule has 4 rings (SSSR count). The van der Waals surface area contributed by atoms with Crippen molar-refractivity contribution in [2.75, 3.05) is 6.54 Å². The zero-order valence-electron chi connectivity index (χ0n) is 19.0. The van der Waals surface area contributed by atoms with Crippen LogP contribution in [0.5, 0.6) is 0 Å². The average molecular weight is 452 g/mol. The van der Waals surface area contributed by atoms with Gasteiger partial charge in [0.25, 0.3) is 11.5 Å². The van der Waals surface area contributed by atoms with E-state index in [-0.39, 0.29) is 41.3 Å². The zero-order chi connectivity index (χ0) is 23.9. The summed E-state index contributed by atoms with van der Waals surface area (Å²) in [7, 11) is 0. The molecule has 2 aromatic carbocycles. The molecule has 0 fully saturated rings. The molecule has 0 unspecified atom stereocenters. The van der Waals surface area contributed by atoms with Gasteiger partial charge < -0.3 is 5.32 Å². The summed E-state index contributed by atoms with van der Waals surface area (Å²) in [5, 5.41) is 7.52. The highest BCUT2D eigenvalue weighted by atomic mass is 19.1. The van der Waals surface area contributed by atoms with Crippen LogP contribution in [-0.4, -0.2) is 31.2 Å². The van der Waals surface area contributed by atoms with Crippen LogP contribution in [0.25, 0.3) is 16.7 Å². The van der Waals surface area contributed by atoms with E-state index < -0.39 is 11.5 Å². The van der Waals surface area contributed by atoms with E-state index in [0.29, 0.717) is 23.1 Å². The van der Waals surface area contributed by atoms with Gasteiger partial charge in [-0.05, 0) is 44.0 Å². The van der Waals surface area contributed by atoms with Gasteiger partial charge in [-0.3, -0.25) is 14.2 Å². The van der Waals surface area contributed by atoms with Crippen LogP contribution in [0.3, 0.4) is 0 Å². The van der Waals surface area contributed by atoms with Gasteiger partial charge in [0, 0.05) is 23.7 Å². The Labute approximate surface area is 189 Å². The second kappa shape index (κ2) is 8.65. The molecule has 0 aliphatic rings. The third kappa shape index (κ3) is 4.06. The Kier molecular flexibility index (Phi) is 5.88. The maximum Gasteiger partial charge on any atom is 0.352 e. The third-order valence-corrected chi connectivity index (χ3v) is 5.45. The number of hydrogen-bond donors (Lipinski definition) is 1. The SMILES string of the molecule is CC(C)CNC(=O)c1ccc2c(=O)n(C(C)C)c3nn(Cc4ccccc4F)c(=O)n3c2c1. The molecule has 33 heavy (non-hydrogen) atoms. The van der Waals surface area contributed by atoms with E-state index in [1.165, 1.54) is 21.1 Å². The van der Waals surface area contributed by atoms with E-state index in [9.17, 15) is 18.8 Å². The molecule has 172 valence electrons. The molecule has 0 aliphatic heterocycles. The smallest absolute Gasteiger partial charge is 0.352 e. The summed E-state index contributed by atoms with van der Waals surface area (Å²) in [6.07, 6.45) is 0. The van der Waals surface area contributed by atoms with Crippen molar-refractivity contribution < 1.29 is 9.18 Å². The fraction of sp³-hybridized carbons (Fsp3) is 0.333. The molecule has 0 spiro atoms. The van der Waals surface area contributed by atoms with Gasteiger partial charge in [-0.15, -0.1) is 5.10 Å². The lowest BCUT2D eigenvalue weighted by Gasteiger charge is -2.13. The molecule has 0 saturated heterocycles. The summed E-state index contributed by atoms with van der Waals surface area (Å²) in [6.45, 7) is 8.03. The van der Waals surface area contributed by atoms with Crippen molar-refractivity contribution in [2.45, 2.75) is 40.3 Å². The number of aromatic nitrogens is 4. The Morgan fingerprint density at radius 1 is 1.09 bits per heavy atom. The maximum atomic E-state index is 14.2. The quantitative estimate of drug-likeness (QED) is 0.488. The van der Waals surface area contributed by atoms with Gasteiger partial charge in [-0.2, -0.15) is 0 Å². The maximum absolute atomic E-state index is 14.2. The number of carbonyl (C=O) groups is 1. The molecule has 0 radical (unpaired) electrons. The first-order valence-corrected chi connectivity index (χ1v) is 10.9. The van der Waals surface area contributed by atoms with Crippen LogP contribution in [0.4, 0.5) is 4.39 Å². The number of fused-ring (bicyclic) bond motifs is 3. The van der Waals surface area contributed by atoms with Crippen molar-refractivity contribution in [2.24, 2.45) is 5.92 Å². The molecule has 0 aliphatic carbocycles. The normalized spacial score (nSPS) is 11.7. The largest absolute Gasteiger partial charge is 0.352 e. The molecule has 0 saturated carbocycles. The highest BCUT2D eigenvalue weighted by Crippen LogP contribution is 2.17. The molecule has 2 heterocycles.